The molecule has 0 amide bonds. The number of Topliss-reactive ketones (excluding diaryl/α,β-unsaturated/α-hetero) is 1. The largest absolute Gasteiger partial charge is 0.398 e. The van der Waals surface area contributed by atoms with Gasteiger partial charge < -0.3 is 5.73 Å². The second-order valence-electron chi connectivity index (χ2n) is 3.88. The SMILES string of the molecule is CCC(C)CC(=O)c1ccc(N)c(Cl)c1. The highest BCUT2D eigenvalue weighted by atomic mass is 35.5. The van der Waals surface area contributed by atoms with E-state index < -0.39 is 0 Å². The van der Waals surface area contributed by atoms with Gasteiger partial charge in [0.1, 0.15) is 0 Å². The van der Waals surface area contributed by atoms with E-state index in [4.69, 9.17) is 17.3 Å². The predicted molar refractivity (Wildman–Crippen MR) is 64.3 cm³/mol. The molecule has 1 rings (SSSR count). The number of ketones is 1. The molecule has 82 valence electrons. The van der Waals surface area contributed by atoms with Crippen LogP contribution in [0.5, 0.6) is 0 Å². The standard InChI is InChI=1S/C12H16ClNO/c1-3-8(2)6-12(15)9-4-5-11(14)10(13)7-9/h4-5,7-8H,3,6,14H2,1-2H3. The maximum atomic E-state index is 11.8. The van der Waals surface area contributed by atoms with Crippen molar-refractivity contribution in [3.63, 3.8) is 0 Å². The van der Waals surface area contributed by atoms with Crippen LogP contribution >= 0.6 is 11.6 Å². The minimum Gasteiger partial charge on any atom is -0.398 e. The van der Waals surface area contributed by atoms with Crippen molar-refractivity contribution in [2.45, 2.75) is 26.7 Å². The van der Waals surface area contributed by atoms with E-state index in [0.29, 0.717) is 28.6 Å². The number of halogens is 1. The number of nitrogen functional groups attached to an aromatic ring is 1. The second kappa shape index (κ2) is 5.17. The molecule has 1 aromatic carbocycles. The van der Waals surface area contributed by atoms with Gasteiger partial charge in [-0.2, -0.15) is 0 Å². The Bertz CT molecular complexity index is 363. The molecule has 1 unspecified atom stereocenters. The Labute approximate surface area is 95.4 Å². The molecule has 0 bridgehead atoms. The van der Waals surface area contributed by atoms with Crippen molar-refractivity contribution in [2.75, 3.05) is 5.73 Å². The Morgan fingerprint density at radius 1 is 1.53 bits per heavy atom. The minimum absolute atomic E-state index is 0.131. The summed E-state index contributed by atoms with van der Waals surface area (Å²) in [6, 6.07) is 5.04. The van der Waals surface area contributed by atoms with Gasteiger partial charge in [0.15, 0.2) is 5.78 Å². The van der Waals surface area contributed by atoms with Crippen molar-refractivity contribution < 1.29 is 4.79 Å². The first-order chi connectivity index (χ1) is 7.04. The van der Waals surface area contributed by atoms with E-state index in [1.165, 1.54) is 0 Å². The molecule has 0 saturated carbocycles. The summed E-state index contributed by atoms with van der Waals surface area (Å²) in [6.07, 6.45) is 1.57. The maximum absolute atomic E-state index is 11.8. The number of anilines is 1. The normalized spacial score (nSPS) is 12.5. The van der Waals surface area contributed by atoms with Gasteiger partial charge in [0.2, 0.25) is 0 Å². The summed E-state index contributed by atoms with van der Waals surface area (Å²) in [4.78, 5) is 11.8. The van der Waals surface area contributed by atoms with Crippen LogP contribution in [-0.4, -0.2) is 5.78 Å². The van der Waals surface area contributed by atoms with Crippen LogP contribution in [0.15, 0.2) is 18.2 Å². The van der Waals surface area contributed by atoms with E-state index in [1.807, 2.05) is 0 Å². The van der Waals surface area contributed by atoms with Crippen LogP contribution in [0.4, 0.5) is 5.69 Å². The summed E-state index contributed by atoms with van der Waals surface area (Å²) in [7, 11) is 0. The molecule has 0 heterocycles. The van der Waals surface area contributed by atoms with Crippen molar-refractivity contribution in [3.05, 3.63) is 28.8 Å². The molecule has 0 fully saturated rings. The third kappa shape index (κ3) is 3.24. The van der Waals surface area contributed by atoms with E-state index in [9.17, 15) is 4.79 Å². The summed E-state index contributed by atoms with van der Waals surface area (Å²) >= 11 is 5.85. The zero-order valence-electron chi connectivity index (χ0n) is 9.09. The molecule has 0 aliphatic rings. The van der Waals surface area contributed by atoms with Gasteiger partial charge in [0.05, 0.1) is 10.7 Å². The highest BCUT2D eigenvalue weighted by Crippen LogP contribution is 2.21. The fourth-order valence-electron chi connectivity index (χ4n) is 1.28. The number of carbonyl (C=O) groups is 1. The Balaban J connectivity index is 2.78. The van der Waals surface area contributed by atoms with Crippen molar-refractivity contribution in [1.29, 1.82) is 0 Å². The summed E-state index contributed by atoms with van der Waals surface area (Å²) < 4.78 is 0. The van der Waals surface area contributed by atoms with E-state index in [-0.39, 0.29) is 5.78 Å². The molecule has 0 spiro atoms. The second-order valence-corrected chi connectivity index (χ2v) is 4.28. The summed E-state index contributed by atoms with van der Waals surface area (Å²) in [5.74, 6) is 0.542. The van der Waals surface area contributed by atoms with Crippen molar-refractivity contribution in [1.82, 2.24) is 0 Å². The highest BCUT2D eigenvalue weighted by molar-refractivity contribution is 6.33. The van der Waals surface area contributed by atoms with E-state index >= 15 is 0 Å². The third-order valence-electron chi connectivity index (χ3n) is 2.55. The molecule has 2 nitrogen and oxygen atoms in total. The molecule has 0 aromatic heterocycles. The fraction of sp³-hybridized carbons (Fsp3) is 0.417. The zero-order chi connectivity index (χ0) is 11.4. The average molecular weight is 226 g/mol. The van der Waals surface area contributed by atoms with Gasteiger partial charge in [-0.15, -0.1) is 0 Å². The van der Waals surface area contributed by atoms with Crippen molar-refractivity contribution in [3.8, 4) is 0 Å². The molecule has 3 heteroatoms. The van der Waals surface area contributed by atoms with E-state index in [2.05, 4.69) is 13.8 Å². The van der Waals surface area contributed by atoms with Crippen LogP contribution in [0.1, 0.15) is 37.0 Å². The number of benzene rings is 1. The molecule has 15 heavy (non-hydrogen) atoms. The van der Waals surface area contributed by atoms with Gasteiger partial charge in [-0.25, -0.2) is 0 Å². The average Bonchev–Trinajstić information content (AvgIpc) is 2.21. The number of hydrogen-bond acceptors (Lipinski definition) is 2. The molecule has 0 aliphatic carbocycles. The van der Waals surface area contributed by atoms with Gasteiger partial charge in [-0.3, -0.25) is 4.79 Å². The Hall–Kier alpha value is -1.02. The Morgan fingerprint density at radius 3 is 2.73 bits per heavy atom. The summed E-state index contributed by atoms with van der Waals surface area (Å²) in [6.45, 7) is 4.14. The van der Waals surface area contributed by atoms with Crippen LogP contribution in [0.25, 0.3) is 0 Å². The first-order valence-electron chi connectivity index (χ1n) is 5.12. The number of nitrogens with two attached hydrogens (primary N) is 1. The molecule has 0 aliphatic heterocycles. The summed E-state index contributed by atoms with van der Waals surface area (Å²) in [5.41, 5.74) is 6.73. The van der Waals surface area contributed by atoms with Gasteiger partial charge >= 0.3 is 0 Å². The molecule has 2 N–H and O–H groups in total. The smallest absolute Gasteiger partial charge is 0.163 e. The zero-order valence-corrected chi connectivity index (χ0v) is 9.84. The maximum Gasteiger partial charge on any atom is 0.163 e. The molecule has 1 aromatic rings. The topological polar surface area (TPSA) is 43.1 Å². The fourth-order valence-corrected chi connectivity index (χ4v) is 1.46. The molecular formula is C12H16ClNO. The molecule has 1 atom stereocenters. The lowest BCUT2D eigenvalue weighted by molar-refractivity contribution is 0.0963. The Kier molecular flexibility index (Phi) is 4.15. The van der Waals surface area contributed by atoms with Crippen LogP contribution in [-0.2, 0) is 0 Å². The number of carbonyl (C=O) groups excluding carboxylic acids is 1. The molecule has 0 radical (unpaired) electrons. The van der Waals surface area contributed by atoms with E-state index in [0.717, 1.165) is 6.42 Å². The van der Waals surface area contributed by atoms with Crippen LogP contribution in [0.3, 0.4) is 0 Å². The van der Waals surface area contributed by atoms with Gasteiger partial charge in [-0.1, -0.05) is 31.9 Å². The minimum atomic E-state index is 0.131. The van der Waals surface area contributed by atoms with Crippen LogP contribution in [0, 0.1) is 5.92 Å². The first-order valence-corrected chi connectivity index (χ1v) is 5.50. The number of rotatable bonds is 4. The monoisotopic (exact) mass is 225 g/mol. The van der Waals surface area contributed by atoms with E-state index in [1.54, 1.807) is 18.2 Å². The van der Waals surface area contributed by atoms with Crippen molar-refractivity contribution in [2.24, 2.45) is 5.92 Å². The lowest BCUT2D eigenvalue weighted by atomic mass is 9.98. The third-order valence-corrected chi connectivity index (χ3v) is 2.88. The molecular weight excluding hydrogens is 210 g/mol. The molecule has 0 saturated heterocycles. The van der Waals surface area contributed by atoms with Crippen molar-refractivity contribution >= 4 is 23.1 Å². The summed E-state index contributed by atoms with van der Waals surface area (Å²) in [5, 5.41) is 0.449. The van der Waals surface area contributed by atoms with Gasteiger partial charge in [-0.05, 0) is 24.1 Å². The highest BCUT2D eigenvalue weighted by Gasteiger charge is 2.10. The first kappa shape index (κ1) is 12.1. The van der Waals surface area contributed by atoms with Crippen LogP contribution in [0.2, 0.25) is 5.02 Å². The number of hydrogen-bond donors (Lipinski definition) is 1. The predicted octanol–water partition coefficient (Wildman–Crippen LogP) is 3.54. The van der Waals surface area contributed by atoms with Gasteiger partial charge in [0.25, 0.3) is 0 Å². The van der Waals surface area contributed by atoms with Gasteiger partial charge in [0, 0.05) is 12.0 Å². The lowest BCUT2D eigenvalue weighted by Gasteiger charge is -2.07. The lowest BCUT2D eigenvalue weighted by Crippen LogP contribution is -2.05. The van der Waals surface area contributed by atoms with Crippen LogP contribution < -0.4 is 5.73 Å². The quantitative estimate of drug-likeness (QED) is 0.629. The Morgan fingerprint density at radius 2 is 2.20 bits per heavy atom.